The molecule has 0 aromatic heterocycles. The number of benzene rings is 1. The van der Waals surface area contributed by atoms with Crippen LogP contribution < -0.4 is 10.4 Å². The fourth-order valence-corrected chi connectivity index (χ4v) is 7.80. The van der Waals surface area contributed by atoms with E-state index in [0.717, 1.165) is 42.6 Å². The Morgan fingerprint density at radius 2 is 1.56 bits per heavy atom. The van der Waals surface area contributed by atoms with E-state index in [1.54, 1.807) is 6.92 Å². The molecule has 5 heterocycles. The third-order valence-corrected chi connectivity index (χ3v) is 11.1. The maximum absolute atomic E-state index is 14.4. The quantitative estimate of drug-likeness (QED) is 0.555. The van der Waals surface area contributed by atoms with Gasteiger partial charge in [0.1, 0.15) is 0 Å². The largest absolute Gasteiger partial charge is 0.494 e. The molecule has 5 aliphatic heterocycles. The maximum Gasteiger partial charge on any atom is 0.494 e. The average molecular weight is 535 g/mol. The summed E-state index contributed by atoms with van der Waals surface area (Å²) in [5, 5.41) is 0. The Morgan fingerprint density at radius 1 is 0.949 bits per heavy atom. The van der Waals surface area contributed by atoms with Crippen LogP contribution in [0.15, 0.2) is 18.2 Å². The number of rotatable bonds is 3. The molecule has 1 aromatic carbocycles. The van der Waals surface area contributed by atoms with Crippen molar-refractivity contribution in [2.45, 2.75) is 114 Å². The van der Waals surface area contributed by atoms with Crippen molar-refractivity contribution >= 4 is 30.1 Å². The number of ether oxygens (including phenoxy) is 1. The number of amides is 2. The highest BCUT2D eigenvalue weighted by Gasteiger charge is 2.57. The Morgan fingerprint density at radius 3 is 2.15 bits per heavy atom. The number of likely N-dealkylation sites (tertiary alicyclic amines) is 2. The second-order valence-corrected chi connectivity index (χ2v) is 13.8. The SMILES string of the molecule is CC(=O)N1CCC2(CC1)C(=O)N(C1CC(N3CC4CCC(C3)O4)C1)c1cc(B3OC(C)(C)C(C)(C)O3)ccc12. The van der Waals surface area contributed by atoms with Crippen LogP contribution in [0.2, 0.25) is 0 Å². The zero-order valence-electron chi connectivity index (χ0n) is 24.1. The third kappa shape index (κ3) is 3.94. The lowest BCUT2D eigenvalue weighted by Gasteiger charge is -2.49. The van der Waals surface area contributed by atoms with Gasteiger partial charge in [0, 0.05) is 50.9 Å². The van der Waals surface area contributed by atoms with Crippen molar-refractivity contribution in [1.82, 2.24) is 9.80 Å². The van der Waals surface area contributed by atoms with Crippen LogP contribution in [0, 0.1) is 0 Å². The van der Waals surface area contributed by atoms with Crippen LogP contribution >= 0.6 is 0 Å². The zero-order chi connectivity index (χ0) is 27.3. The minimum Gasteiger partial charge on any atom is -0.399 e. The van der Waals surface area contributed by atoms with Gasteiger partial charge in [-0.15, -0.1) is 0 Å². The van der Waals surface area contributed by atoms with Crippen molar-refractivity contribution in [2.75, 3.05) is 31.1 Å². The molecule has 210 valence electrons. The summed E-state index contributed by atoms with van der Waals surface area (Å²) in [7, 11) is -0.466. The van der Waals surface area contributed by atoms with Crippen LogP contribution in [0.25, 0.3) is 0 Å². The van der Waals surface area contributed by atoms with Crippen LogP contribution in [0.3, 0.4) is 0 Å². The van der Waals surface area contributed by atoms with Gasteiger partial charge >= 0.3 is 7.12 Å². The molecule has 1 aliphatic carbocycles. The summed E-state index contributed by atoms with van der Waals surface area (Å²) >= 11 is 0. The van der Waals surface area contributed by atoms with E-state index in [1.807, 2.05) is 4.90 Å². The normalized spacial score (nSPS) is 34.5. The molecule has 1 saturated carbocycles. The van der Waals surface area contributed by atoms with Crippen molar-refractivity contribution in [1.29, 1.82) is 0 Å². The van der Waals surface area contributed by atoms with Crippen LogP contribution in [0.5, 0.6) is 0 Å². The van der Waals surface area contributed by atoms with Crippen LogP contribution in [-0.4, -0.2) is 90.4 Å². The van der Waals surface area contributed by atoms with Crippen LogP contribution in [-0.2, 0) is 29.0 Å². The van der Waals surface area contributed by atoms with Gasteiger partial charge in [0.05, 0.1) is 28.8 Å². The molecule has 5 fully saturated rings. The predicted molar refractivity (Wildman–Crippen MR) is 149 cm³/mol. The fraction of sp³-hybridized carbons (Fsp3) is 0.733. The molecular weight excluding hydrogens is 493 g/mol. The average Bonchev–Trinajstić information content (AvgIpc) is 3.40. The molecule has 2 unspecified atom stereocenters. The first-order chi connectivity index (χ1) is 18.5. The Balaban J connectivity index is 1.18. The van der Waals surface area contributed by atoms with Gasteiger partial charge in [-0.05, 0) is 83.3 Å². The first kappa shape index (κ1) is 26.0. The van der Waals surface area contributed by atoms with Crippen molar-refractivity contribution in [3.63, 3.8) is 0 Å². The van der Waals surface area contributed by atoms with Gasteiger partial charge in [-0.25, -0.2) is 0 Å². The van der Waals surface area contributed by atoms with Crippen molar-refractivity contribution in [3.8, 4) is 0 Å². The molecule has 1 spiro atoms. The first-order valence-electron chi connectivity index (χ1n) is 15.0. The number of fused-ring (bicyclic) bond motifs is 4. The number of hydrogen-bond donors (Lipinski definition) is 0. The number of anilines is 1. The minimum absolute atomic E-state index is 0.0878. The summed E-state index contributed by atoms with van der Waals surface area (Å²) in [5.41, 5.74) is 1.69. The monoisotopic (exact) mass is 535 g/mol. The van der Waals surface area contributed by atoms with Crippen molar-refractivity contribution in [2.24, 2.45) is 0 Å². The highest BCUT2D eigenvalue weighted by atomic mass is 16.7. The van der Waals surface area contributed by atoms with Gasteiger partial charge in [0.15, 0.2) is 0 Å². The fourth-order valence-electron chi connectivity index (χ4n) is 7.80. The number of carbonyl (C=O) groups is 2. The molecule has 1 aromatic rings. The van der Waals surface area contributed by atoms with Crippen LogP contribution in [0.4, 0.5) is 5.69 Å². The highest BCUT2D eigenvalue weighted by Crippen LogP contribution is 2.51. The molecule has 8 nitrogen and oxygen atoms in total. The van der Waals surface area contributed by atoms with E-state index in [2.05, 4.69) is 55.7 Å². The lowest BCUT2D eigenvalue weighted by Crippen LogP contribution is -2.60. The number of piperidine rings is 1. The standard InChI is InChI=1S/C30H42BN3O5/c1-19(35)32-12-10-30(11-13-32)25-9-6-20(31-38-28(2,3)29(4,5)39-31)14-26(25)34(27(30)36)22-15-21(16-22)33-17-23-7-8-24(18-33)37-23/h6,9,14,21-24H,7-8,10-13,15-18H2,1-5H3. The number of morpholine rings is 1. The summed E-state index contributed by atoms with van der Waals surface area (Å²) in [4.78, 5) is 33.1. The summed E-state index contributed by atoms with van der Waals surface area (Å²) in [6, 6.07) is 7.10. The third-order valence-electron chi connectivity index (χ3n) is 11.1. The molecule has 0 N–H and O–H groups in total. The molecule has 9 heteroatoms. The molecule has 7 rings (SSSR count). The highest BCUT2D eigenvalue weighted by molar-refractivity contribution is 6.62. The van der Waals surface area contributed by atoms with Crippen molar-refractivity contribution < 1.29 is 23.6 Å². The van der Waals surface area contributed by atoms with E-state index in [-0.39, 0.29) is 17.9 Å². The van der Waals surface area contributed by atoms with E-state index in [9.17, 15) is 9.59 Å². The summed E-state index contributed by atoms with van der Waals surface area (Å²) in [5.74, 6) is 0.307. The number of nitrogens with zero attached hydrogens (tertiary/aromatic N) is 3. The lowest BCUT2D eigenvalue weighted by atomic mass is 9.71. The van der Waals surface area contributed by atoms with Crippen LogP contribution in [0.1, 0.15) is 78.7 Å². The van der Waals surface area contributed by atoms with Gasteiger partial charge < -0.3 is 23.8 Å². The molecule has 2 bridgehead atoms. The Hall–Kier alpha value is -1.94. The molecule has 6 aliphatic rings. The zero-order valence-corrected chi connectivity index (χ0v) is 24.1. The number of hydrogen-bond acceptors (Lipinski definition) is 6. The van der Waals surface area contributed by atoms with Gasteiger partial charge in [-0.1, -0.05) is 12.1 Å². The van der Waals surface area contributed by atoms with Gasteiger partial charge in [-0.2, -0.15) is 0 Å². The first-order valence-corrected chi connectivity index (χ1v) is 15.0. The molecule has 2 atom stereocenters. The maximum atomic E-state index is 14.4. The Labute approximate surface area is 232 Å². The topological polar surface area (TPSA) is 71.6 Å². The Kier molecular flexibility index (Phi) is 5.85. The van der Waals surface area contributed by atoms with Gasteiger partial charge in [-0.3, -0.25) is 14.5 Å². The van der Waals surface area contributed by atoms with Gasteiger partial charge in [0.2, 0.25) is 11.8 Å². The number of carbonyl (C=O) groups excluding carboxylic acids is 2. The van der Waals surface area contributed by atoms with Gasteiger partial charge in [0.25, 0.3) is 0 Å². The molecule has 39 heavy (non-hydrogen) atoms. The second kappa shape index (κ2) is 8.78. The van der Waals surface area contributed by atoms with E-state index in [4.69, 9.17) is 14.0 Å². The summed E-state index contributed by atoms with van der Waals surface area (Å²) in [6.45, 7) is 13.2. The molecule has 4 saturated heterocycles. The van der Waals surface area contributed by atoms with E-state index < -0.39 is 23.7 Å². The predicted octanol–water partition coefficient (Wildman–Crippen LogP) is 2.61. The molecule has 0 radical (unpaired) electrons. The summed E-state index contributed by atoms with van der Waals surface area (Å²) in [6.07, 6.45) is 6.47. The molecular formula is C30H42BN3O5. The smallest absolute Gasteiger partial charge is 0.399 e. The van der Waals surface area contributed by atoms with E-state index in [1.165, 1.54) is 12.8 Å². The minimum atomic E-state index is -0.557. The summed E-state index contributed by atoms with van der Waals surface area (Å²) < 4.78 is 18.8. The van der Waals surface area contributed by atoms with E-state index in [0.29, 0.717) is 44.2 Å². The lowest BCUT2D eigenvalue weighted by molar-refractivity contribution is -0.134. The second-order valence-electron chi connectivity index (χ2n) is 13.8. The Bertz CT molecular complexity index is 1160. The van der Waals surface area contributed by atoms with Crippen molar-refractivity contribution in [3.05, 3.63) is 23.8 Å². The van der Waals surface area contributed by atoms with E-state index >= 15 is 0 Å². The molecule has 2 amide bonds.